The molecular weight excluding hydrogens is 498 g/mol. The quantitative estimate of drug-likeness (QED) is 0.347. The smallest absolute Gasteiger partial charge is 0.421 e. The van der Waals surface area contributed by atoms with Gasteiger partial charge < -0.3 is 19.1 Å². The fourth-order valence-electron chi connectivity index (χ4n) is 4.10. The molecule has 2 aromatic carbocycles. The molecule has 1 aliphatic heterocycles. The molecule has 2 atom stereocenters. The van der Waals surface area contributed by atoms with Gasteiger partial charge in [0, 0.05) is 12.5 Å². The lowest BCUT2D eigenvalue weighted by Crippen LogP contribution is -2.40. The number of aromatic nitrogens is 2. The number of hydrogen-bond acceptors (Lipinski definition) is 7. The Morgan fingerprint density at radius 1 is 1.11 bits per heavy atom. The highest BCUT2D eigenvalue weighted by Crippen LogP contribution is 2.32. The molecule has 0 radical (unpaired) electrons. The zero-order chi connectivity index (χ0) is 26.7. The minimum Gasteiger partial charge on any atom is -0.497 e. The summed E-state index contributed by atoms with van der Waals surface area (Å²) in [4.78, 5) is 26.5. The number of carbonyl (C=O) groups excluding carboxylic acids is 1. The van der Waals surface area contributed by atoms with Crippen LogP contribution in [0.4, 0.5) is 23.4 Å². The van der Waals surface area contributed by atoms with Crippen molar-refractivity contribution in [3.05, 3.63) is 81.9 Å². The van der Waals surface area contributed by atoms with Gasteiger partial charge in [0.05, 0.1) is 27.3 Å². The van der Waals surface area contributed by atoms with Crippen molar-refractivity contribution in [2.45, 2.75) is 31.3 Å². The number of benzene rings is 2. The molecular formula is C25H23F4N3O5. The molecule has 0 bridgehead atoms. The van der Waals surface area contributed by atoms with E-state index in [2.05, 4.69) is 5.10 Å². The van der Waals surface area contributed by atoms with Crippen LogP contribution in [-0.2, 0) is 22.3 Å². The number of nitrogens with zero attached hydrogens (tertiary/aromatic N) is 3. The van der Waals surface area contributed by atoms with Crippen molar-refractivity contribution in [2.24, 2.45) is 0 Å². The lowest BCUT2D eigenvalue weighted by molar-refractivity contribution is -0.142. The standard InChI is InChI=1S/C25H23F4N3O5/c1-35-16-9-7-15(8-10-16)13-32-23(33)18(25(27,28)29)12-22(30-32)31-14-17(11-20(31)24(34)36-2)37-21-6-4-3-5-19(21)26/h3-10,12,17,20H,11,13-14H2,1-2H3/t17-,20-/m0/s1. The van der Waals surface area contributed by atoms with Gasteiger partial charge in [-0.15, -0.1) is 0 Å². The molecule has 4 rings (SSSR count). The summed E-state index contributed by atoms with van der Waals surface area (Å²) in [7, 11) is 2.61. The molecule has 1 fully saturated rings. The average molecular weight is 521 g/mol. The van der Waals surface area contributed by atoms with Crippen LogP contribution in [0.25, 0.3) is 0 Å². The maximum Gasteiger partial charge on any atom is 0.421 e. The third-order valence-electron chi connectivity index (χ3n) is 5.92. The van der Waals surface area contributed by atoms with E-state index < -0.39 is 41.2 Å². The summed E-state index contributed by atoms with van der Waals surface area (Å²) in [6.07, 6.45) is -5.74. The van der Waals surface area contributed by atoms with Gasteiger partial charge in [-0.1, -0.05) is 24.3 Å². The Balaban J connectivity index is 1.72. The zero-order valence-electron chi connectivity index (χ0n) is 19.9. The molecule has 0 spiro atoms. The van der Waals surface area contributed by atoms with Gasteiger partial charge in [0.15, 0.2) is 17.4 Å². The Morgan fingerprint density at radius 3 is 2.43 bits per heavy atom. The third-order valence-corrected chi connectivity index (χ3v) is 5.92. The van der Waals surface area contributed by atoms with Crippen LogP contribution in [0.5, 0.6) is 11.5 Å². The monoisotopic (exact) mass is 521 g/mol. The predicted molar refractivity (Wildman–Crippen MR) is 124 cm³/mol. The van der Waals surface area contributed by atoms with E-state index in [4.69, 9.17) is 14.2 Å². The van der Waals surface area contributed by atoms with Crippen LogP contribution in [0.1, 0.15) is 17.5 Å². The number of hydrogen-bond donors (Lipinski definition) is 0. The number of para-hydroxylation sites is 1. The first-order valence-corrected chi connectivity index (χ1v) is 11.2. The Morgan fingerprint density at radius 2 is 1.81 bits per heavy atom. The van der Waals surface area contributed by atoms with Gasteiger partial charge >= 0.3 is 12.1 Å². The average Bonchev–Trinajstić information content (AvgIpc) is 3.29. The largest absolute Gasteiger partial charge is 0.497 e. The normalized spacial score (nSPS) is 17.5. The number of esters is 1. The number of halogens is 4. The molecule has 3 aromatic rings. The Hall–Kier alpha value is -4.09. The Kier molecular flexibility index (Phi) is 7.37. The lowest BCUT2D eigenvalue weighted by atomic mass is 10.2. The van der Waals surface area contributed by atoms with E-state index in [1.165, 1.54) is 30.2 Å². The summed E-state index contributed by atoms with van der Waals surface area (Å²) in [5.41, 5.74) is -2.26. The van der Waals surface area contributed by atoms with Crippen LogP contribution < -0.4 is 19.9 Å². The molecule has 0 saturated carbocycles. The van der Waals surface area contributed by atoms with Gasteiger partial charge in [-0.2, -0.15) is 18.3 Å². The molecule has 1 aromatic heterocycles. The molecule has 0 amide bonds. The van der Waals surface area contributed by atoms with E-state index in [-0.39, 0.29) is 31.1 Å². The van der Waals surface area contributed by atoms with Crippen molar-refractivity contribution < 1.29 is 36.6 Å². The summed E-state index contributed by atoms with van der Waals surface area (Å²) < 4.78 is 71.9. The molecule has 1 saturated heterocycles. The predicted octanol–water partition coefficient (Wildman–Crippen LogP) is 3.66. The zero-order valence-corrected chi connectivity index (χ0v) is 19.9. The third kappa shape index (κ3) is 5.68. The number of ether oxygens (including phenoxy) is 3. The van der Waals surface area contributed by atoms with E-state index in [1.54, 1.807) is 30.3 Å². The lowest BCUT2D eigenvalue weighted by Gasteiger charge is -2.24. The van der Waals surface area contributed by atoms with Crippen LogP contribution in [0.3, 0.4) is 0 Å². The summed E-state index contributed by atoms with van der Waals surface area (Å²) in [6, 6.07) is 11.6. The van der Waals surface area contributed by atoms with Crippen molar-refractivity contribution in [3.8, 4) is 11.5 Å². The van der Waals surface area contributed by atoms with Crippen LogP contribution >= 0.6 is 0 Å². The molecule has 0 N–H and O–H groups in total. The SMILES string of the molecule is COC(=O)[C@@H]1C[C@H](Oc2ccccc2F)CN1c1cc(C(F)(F)F)c(=O)n(Cc2ccc(OC)cc2)n1. The highest BCUT2D eigenvalue weighted by molar-refractivity contribution is 5.80. The van der Waals surface area contributed by atoms with E-state index in [0.717, 1.165) is 7.11 Å². The van der Waals surface area contributed by atoms with Gasteiger partial charge in [-0.25, -0.2) is 13.9 Å². The molecule has 37 heavy (non-hydrogen) atoms. The number of rotatable bonds is 7. The fraction of sp³-hybridized carbons (Fsp3) is 0.320. The van der Waals surface area contributed by atoms with Gasteiger partial charge in [-0.3, -0.25) is 4.79 Å². The minimum atomic E-state index is -4.97. The van der Waals surface area contributed by atoms with Gasteiger partial charge in [-0.05, 0) is 29.8 Å². The molecule has 0 unspecified atom stereocenters. The van der Waals surface area contributed by atoms with E-state index in [0.29, 0.717) is 22.1 Å². The van der Waals surface area contributed by atoms with Gasteiger partial charge in [0.2, 0.25) is 0 Å². The number of carbonyl (C=O) groups is 1. The second kappa shape index (κ2) is 10.5. The second-order valence-electron chi connectivity index (χ2n) is 8.32. The highest BCUT2D eigenvalue weighted by atomic mass is 19.4. The highest BCUT2D eigenvalue weighted by Gasteiger charge is 2.42. The first kappa shape index (κ1) is 26.0. The molecule has 2 heterocycles. The summed E-state index contributed by atoms with van der Waals surface area (Å²) in [5.74, 6) is -1.15. The Labute approximate surface area is 209 Å². The number of anilines is 1. The fourth-order valence-corrected chi connectivity index (χ4v) is 4.10. The molecule has 1 aliphatic rings. The number of alkyl halides is 3. The molecule has 196 valence electrons. The van der Waals surface area contributed by atoms with Crippen molar-refractivity contribution >= 4 is 11.8 Å². The number of methoxy groups -OCH3 is 2. The van der Waals surface area contributed by atoms with E-state index >= 15 is 0 Å². The maximum atomic E-state index is 14.1. The first-order valence-electron chi connectivity index (χ1n) is 11.2. The summed E-state index contributed by atoms with van der Waals surface area (Å²) >= 11 is 0. The first-order chi connectivity index (χ1) is 17.6. The van der Waals surface area contributed by atoms with Crippen LogP contribution in [0, 0.1) is 5.82 Å². The molecule has 8 nitrogen and oxygen atoms in total. The van der Waals surface area contributed by atoms with Crippen molar-refractivity contribution in [2.75, 3.05) is 25.7 Å². The minimum absolute atomic E-state index is 0.00163. The van der Waals surface area contributed by atoms with E-state index in [9.17, 15) is 27.2 Å². The summed E-state index contributed by atoms with van der Waals surface area (Å²) in [5, 5.41) is 4.15. The topological polar surface area (TPSA) is 82.9 Å². The van der Waals surface area contributed by atoms with Gasteiger partial charge in [0.25, 0.3) is 5.56 Å². The van der Waals surface area contributed by atoms with E-state index in [1.807, 2.05) is 0 Å². The Bertz CT molecular complexity index is 1330. The second-order valence-corrected chi connectivity index (χ2v) is 8.32. The van der Waals surface area contributed by atoms with Crippen LogP contribution in [0.15, 0.2) is 59.4 Å². The van der Waals surface area contributed by atoms with Crippen LogP contribution in [0.2, 0.25) is 0 Å². The summed E-state index contributed by atoms with van der Waals surface area (Å²) in [6.45, 7) is -0.356. The molecule has 12 heteroatoms. The molecule has 0 aliphatic carbocycles. The van der Waals surface area contributed by atoms with Crippen molar-refractivity contribution in [3.63, 3.8) is 0 Å². The van der Waals surface area contributed by atoms with Crippen LogP contribution in [-0.4, -0.2) is 48.7 Å². The van der Waals surface area contributed by atoms with Crippen molar-refractivity contribution in [1.29, 1.82) is 0 Å². The van der Waals surface area contributed by atoms with Gasteiger partial charge in [0.1, 0.15) is 23.5 Å². The maximum absolute atomic E-state index is 14.1. The van der Waals surface area contributed by atoms with Crippen molar-refractivity contribution in [1.82, 2.24) is 9.78 Å².